The van der Waals surface area contributed by atoms with Gasteiger partial charge in [-0.3, -0.25) is 9.40 Å². The van der Waals surface area contributed by atoms with Gasteiger partial charge in [0.25, 0.3) is 10.0 Å². The first-order valence-corrected chi connectivity index (χ1v) is 8.15. The van der Waals surface area contributed by atoms with E-state index in [0.29, 0.717) is 35.9 Å². The number of anilines is 1. The topological polar surface area (TPSA) is 89.2 Å². The van der Waals surface area contributed by atoms with Crippen LogP contribution in [0.1, 0.15) is 24.1 Å². The molecule has 0 aliphatic heterocycles. The first kappa shape index (κ1) is 15.6. The van der Waals surface area contributed by atoms with Crippen molar-refractivity contribution in [2.45, 2.75) is 31.7 Å². The summed E-state index contributed by atoms with van der Waals surface area (Å²) in [6.07, 6.45) is 2.30. The van der Waals surface area contributed by atoms with Crippen LogP contribution in [0.4, 0.5) is 5.69 Å². The van der Waals surface area contributed by atoms with Gasteiger partial charge in [-0.2, -0.15) is 5.10 Å². The lowest BCUT2D eigenvalue weighted by molar-refractivity contribution is 0.466. The van der Waals surface area contributed by atoms with Gasteiger partial charge in [-0.15, -0.1) is 0 Å². The molecule has 2 heterocycles. The third kappa shape index (κ3) is 3.27. The van der Waals surface area contributed by atoms with Crippen LogP contribution < -0.4 is 10.0 Å². The summed E-state index contributed by atoms with van der Waals surface area (Å²) >= 11 is 0. The van der Waals surface area contributed by atoms with E-state index in [2.05, 4.69) is 15.1 Å². The van der Waals surface area contributed by atoms with Gasteiger partial charge >= 0.3 is 0 Å². The fraction of sp³-hybridized carbons (Fsp3) is 0.462. The van der Waals surface area contributed by atoms with Crippen LogP contribution in [0.15, 0.2) is 21.6 Å². The molecule has 21 heavy (non-hydrogen) atoms. The van der Waals surface area contributed by atoms with Gasteiger partial charge in [-0.1, -0.05) is 6.92 Å². The number of aryl methyl sites for hydroxylation is 3. The quantitative estimate of drug-likeness (QED) is 0.841. The molecule has 2 N–H and O–H groups in total. The zero-order chi connectivity index (χ0) is 15.6. The predicted octanol–water partition coefficient (Wildman–Crippen LogP) is 1.40. The summed E-state index contributed by atoms with van der Waals surface area (Å²) in [5.74, 6) is 0.951. The lowest BCUT2D eigenvalue weighted by Gasteiger charge is -2.05. The molecule has 0 bridgehead atoms. The van der Waals surface area contributed by atoms with Gasteiger partial charge in [0.05, 0.1) is 17.9 Å². The molecule has 0 saturated heterocycles. The van der Waals surface area contributed by atoms with Crippen molar-refractivity contribution in [3.05, 3.63) is 29.5 Å². The van der Waals surface area contributed by atoms with E-state index in [1.807, 2.05) is 6.92 Å². The van der Waals surface area contributed by atoms with Gasteiger partial charge in [0.15, 0.2) is 0 Å². The predicted molar refractivity (Wildman–Crippen MR) is 79.6 cm³/mol. The van der Waals surface area contributed by atoms with E-state index in [9.17, 15) is 8.42 Å². The average molecular weight is 312 g/mol. The molecule has 0 spiro atoms. The van der Waals surface area contributed by atoms with Crippen LogP contribution in [0.5, 0.6) is 0 Å². The largest absolute Gasteiger partial charge is 0.464 e. The van der Waals surface area contributed by atoms with Crippen LogP contribution >= 0.6 is 0 Å². The first-order chi connectivity index (χ1) is 9.87. The second-order valence-electron chi connectivity index (χ2n) is 4.79. The van der Waals surface area contributed by atoms with E-state index >= 15 is 0 Å². The molecule has 7 nitrogen and oxygen atoms in total. The summed E-state index contributed by atoms with van der Waals surface area (Å²) in [5, 5.41) is 7.15. The number of sulfonamides is 1. The Kier molecular flexibility index (Phi) is 4.38. The highest BCUT2D eigenvalue weighted by Gasteiger charge is 2.23. The minimum absolute atomic E-state index is 0.152. The van der Waals surface area contributed by atoms with Crippen LogP contribution in [-0.4, -0.2) is 25.2 Å². The molecule has 2 rings (SSSR count). The number of rotatable bonds is 6. The molecule has 0 fully saturated rings. The van der Waals surface area contributed by atoms with Crippen LogP contribution in [-0.2, 0) is 30.0 Å². The summed E-state index contributed by atoms with van der Waals surface area (Å²) in [4.78, 5) is 0.152. The van der Waals surface area contributed by atoms with Crippen molar-refractivity contribution in [3.8, 4) is 0 Å². The highest BCUT2D eigenvalue weighted by Crippen LogP contribution is 2.24. The van der Waals surface area contributed by atoms with Crippen molar-refractivity contribution in [2.75, 3.05) is 11.8 Å². The molecule has 0 aliphatic carbocycles. The van der Waals surface area contributed by atoms with E-state index in [-0.39, 0.29) is 4.90 Å². The average Bonchev–Trinajstić information content (AvgIpc) is 2.93. The SMILES string of the molecule is CCc1nn(C)cc1NS(=O)(=O)c1cc(CNC)oc1C. The molecule has 0 saturated carbocycles. The summed E-state index contributed by atoms with van der Waals surface area (Å²) in [7, 11) is -0.159. The summed E-state index contributed by atoms with van der Waals surface area (Å²) in [6, 6.07) is 1.54. The standard InChI is InChI=1S/C13H20N4O3S/c1-5-11-12(8-17(4)15-11)16-21(18,19)13-6-10(7-14-3)20-9(13)2/h6,8,14,16H,5,7H2,1-4H3. The number of furan rings is 1. The fourth-order valence-corrected chi connectivity index (χ4v) is 3.41. The Morgan fingerprint density at radius 2 is 2.14 bits per heavy atom. The van der Waals surface area contributed by atoms with Crippen LogP contribution in [0.25, 0.3) is 0 Å². The maximum atomic E-state index is 12.5. The van der Waals surface area contributed by atoms with E-state index < -0.39 is 10.0 Å². The molecule has 0 aliphatic rings. The molecule has 0 amide bonds. The molecule has 0 aromatic carbocycles. The zero-order valence-electron chi connectivity index (χ0n) is 12.6. The zero-order valence-corrected chi connectivity index (χ0v) is 13.4. The summed E-state index contributed by atoms with van der Waals surface area (Å²) < 4.78 is 34.6. The van der Waals surface area contributed by atoms with E-state index in [1.54, 1.807) is 31.9 Å². The van der Waals surface area contributed by atoms with Crippen LogP contribution in [0.3, 0.4) is 0 Å². The van der Waals surface area contributed by atoms with Crippen molar-refractivity contribution in [1.82, 2.24) is 15.1 Å². The second-order valence-corrected chi connectivity index (χ2v) is 6.44. The number of nitrogens with one attached hydrogen (secondary N) is 2. The molecule has 0 radical (unpaired) electrons. The smallest absolute Gasteiger partial charge is 0.265 e. The Bertz CT molecular complexity index is 731. The Balaban J connectivity index is 2.33. The lowest BCUT2D eigenvalue weighted by atomic mass is 10.3. The number of hydrogen-bond donors (Lipinski definition) is 2. The highest BCUT2D eigenvalue weighted by molar-refractivity contribution is 7.92. The highest BCUT2D eigenvalue weighted by atomic mass is 32.2. The third-order valence-electron chi connectivity index (χ3n) is 3.05. The molecule has 8 heteroatoms. The Hall–Kier alpha value is -1.80. The van der Waals surface area contributed by atoms with Crippen LogP contribution in [0, 0.1) is 6.92 Å². The molecule has 0 atom stereocenters. The van der Waals surface area contributed by atoms with Gasteiger partial charge in [-0.25, -0.2) is 8.42 Å². The number of nitrogens with zero attached hydrogens (tertiary/aromatic N) is 2. The summed E-state index contributed by atoms with van der Waals surface area (Å²) in [5.41, 5.74) is 1.20. The summed E-state index contributed by atoms with van der Waals surface area (Å²) in [6.45, 7) is 4.04. The van der Waals surface area contributed by atoms with Crippen molar-refractivity contribution in [2.24, 2.45) is 7.05 Å². The minimum Gasteiger partial charge on any atom is -0.464 e. The molecule has 116 valence electrons. The number of hydrogen-bond acceptors (Lipinski definition) is 5. The minimum atomic E-state index is -3.69. The van der Waals surface area contributed by atoms with Crippen molar-refractivity contribution in [1.29, 1.82) is 0 Å². The van der Waals surface area contributed by atoms with Gasteiger partial charge in [0.1, 0.15) is 16.4 Å². The molecular weight excluding hydrogens is 292 g/mol. The first-order valence-electron chi connectivity index (χ1n) is 6.66. The molecule has 0 unspecified atom stereocenters. The van der Waals surface area contributed by atoms with E-state index in [1.165, 1.54) is 6.07 Å². The van der Waals surface area contributed by atoms with Crippen LogP contribution in [0.2, 0.25) is 0 Å². The maximum Gasteiger partial charge on any atom is 0.265 e. The molecule has 2 aromatic heterocycles. The fourth-order valence-electron chi connectivity index (χ4n) is 2.13. The third-order valence-corrected chi connectivity index (χ3v) is 4.52. The second kappa shape index (κ2) is 5.90. The Labute approximate surface area is 124 Å². The Morgan fingerprint density at radius 1 is 1.43 bits per heavy atom. The molecule has 2 aromatic rings. The van der Waals surface area contributed by atoms with Crippen molar-refractivity contribution < 1.29 is 12.8 Å². The molecular formula is C13H20N4O3S. The normalized spacial score (nSPS) is 11.8. The van der Waals surface area contributed by atoms with Gasteiger partial charge < -0.3 is 9.73 Å². The monoisotopic (exact) mass is 312 g/mol. The van der Waals surface area contributed by atoms with Gasteiger partial charge in [0, 0.05) is 19.3 Å². The van der Waals surface area contributed by atoms with E-state index in [4.69, 9.17) is 4.42 Å². The van der Waals surface area contributed by atoms with E-state index in [0.717, 1.165) is 0 Å². The number of aromatic nitrogens is 2. The van der Waals surface area contributed by atoms with Gasteiger partial charge in [-0.05, 0) is 20.4 Å². The van der Waals surface area contributed by atoms with Crippen molar-refractivity contribution in [3.63, 3.8) is 0 Å². The maximum absolute atomic E-state index is 12.5. The Morgan fingerprint density at radius 3 is 2.76 bits per heavy atom. The lowest BCUT2D eigenvalue weighted by Crippen LogP contribution is -2.14. The van der Waals surface area contributed by atoms with Gasteiger partial charge in [0.2, 0.25) is 0 Å². The van der Waals surface area contributed by atoms with Crippen molar-refractivity contribution >= 4 is 15.7 Å².